The Morgan fingerprint density at radius 3 is 2.33 bits per heavy atom. The molecule has 0 aliphatic carbocycles. The Labute approximate surface area is 117 Å². The molecule has 0 saturated heterocycles. The predicted octanol–water partition coefficient (Wildman–Crippen LogP) is 3.68. The molecule has 0 fully saturated rings. The van der Waals surface area contributed by atoms with Crippen molar-refractivity contribution in [1.29, 1.82) is 0 Å². The number of amides is 1. The summed E-state index contributed by atoms with van der Waals surface area (Å²) in [5.41, 5.74) is 3.37. The van der Waals surface area contributed by atoms with Gasteiger partial charge in [-0.2, -0.15) is 13.2 Å². The Morgan fingerprint density at radius 2 is 1.71 bits per heavy atom. The summed E-state index contributed by atoms with van der Waals surface area (Å²) >= 11 is 0. The van der Waals surface area contributed by atoms with E-state index in [1.807, 2.05) is 0 Å². The largest absolute Gasteiger partial charge is 0.417 e. The number of hydrogen-bond acceptors (Lipinski definition) is 2. The average Bonchev–Trinajstić information content (AvgIpc) is 2.42. The molecule has 2 aromatic carbocycles. The highest BCUT2D eigenvalue weighted by molar-refractivity contribution is 6.06. The zero-order chi connectivity index (χ0) is 15.6. The molecule has 1 amide bonds. The molecule has 0 atom stereocenters. The molecule has 0 aliphatic heterocycles. The van der Waals surface area contributed by atoms with E-state index in [1.54, 1.807) is 0 Å². The summed E-state index contributed by atoms with van der Waals surface area (Å²) in [7, 11) is 0. The molecular formula is C14H10F4N2O. The molecule has 0 aliphatic rings. The highest BCUT2D eigenvalue weighted by atomic mass is 19.4. The van der Waals surface area contributed by atoms with E-state index in [4.69, 9.17) is 5.73 Å². The van der Waals surface area contributed by atoms with Crippen LogP contribution in [0.2, 0.25) is 0 Å². The Hall–Kier alpha value is -2.57. The molecule has 3 nitrogen and oxygen atoms in total. The van der Waals surface area contributed by atoms with Gasteiger partial charge in [0.2, 0.25) is 0 Å². The van der Waals surface area contributed by atoms with Crippen molar-refractivity contribution < 1.29 is 22.4 Å². The van der Waals surface area contributed by atoms with Gasteiger partial charge in [0, 0.05) is 0 Å². The maximum Gasteiger partial charge on any atom is 0.417 e. The summed E-state index contributed by atoms with van der Waals surface area (Å²) in [6.45, 7) is 0. The molecule has 21 heavy (non-hydrogen) atoms. The number of nitrogens with one attached hydrogen (secondary N) is 1. The number of carbonyl (C=O) groups excluding carboxylic acids is 1. The Balaban J connectivity index is 2.38. The van der Waals surface area contributed by atoms with Gasteiger partial charge in [0.25, 0.3) is 5.91 Å². The molecule has 0 aromatic heterocycles. The fourth-order valence-electron chi connectivity index (χ4n) is 1.78. The molecule has 110 valence electrons. The zero-order valence-corrected chi connectivity index (χ0v) is 10.5. The quantitative estimate of drug-likeness (QED) is 0.656. The van der Waals surface area contributed by atoms with E-state index in [0.717, 1.165) is 24.3 Å². The van der Waals surface area contributed by atoms with Gasteiger partial charge in [0.05, 0.1) is 16.8 Å². The van der Waals surface area contributed by atoms with Crippen molar-refractivity contribution >= 4 is 17.3 Å². The Kier molecular flexibility index (Phi) is 3.84. The van der Waals surface area contributed by atoms with Crippen molar-refractivity contribution in [1.82, 2.24) is 0 Å². The molecule has 0 radical (unpaired) electrons. The lowest BCUT2D eigenvalue weighted by Gasteiger charge is -2.13. The third-order valence-electron chi connectivity index (χ3n) is 2.76. The summed E-state index contributed by atoms with van der Waals surface area (Å²) < 4.78 is 52.0. The lowest BCUT2D eigenvalue weighted by molar-refractivity contribution is -0.137. The highest BCUT2D eigenvalue weighted by Crippen LogP contribution is 2.32. The second-order valence-electron chi connectivity index (χ2n) is 4.20. The van der Waals surface area contributed by atoms with Crippen LogP contribution in [0, 0.1) is 5.82 Å². The van der Waals surface area contributed by atoms with Crippen molar-refractivity contribution in [3.05, 3.63) is 59.4 Å². The first-order valence-electron chi connectivity index (χ1n) is 5.82. The van der Waals surface area contributed by atoms with Gasteiger partial charge in [-0.1, -0.05) is 18.2 Å². The van der Waals surface area contributed by atoms with Gasteiger partial charge in [0.15, 0.2) is 0 Å². The molecule has 7 heteroatoms. The maximum atomic E-state index is 13.5. The lowest BCUT2D eigenvalue weighted by atomic mass is 10.1. The number of nitrogen functional groups attached to an aromatic ring is 1. The number of benzene rings is 2. The number of halogens is 4. The van der Waals surface area contributed by atoms with Crippen LogP contribution in [0.4, 0.5) is 28.9 Å². The summed E-state index contributed by atoms with van der Waals surface area (Å²) in [6, 6.07) is 7.93. The van der Waals surface area contributed by atoms with Crippen molar-refractivity contribution in [2.45, 2.75) is 6.18 Å². The minimum Gasteiger partial charge on any atom is -0.397 e. The molecule has 2 aromatic rings. The van der Waals surface area contributed by atoms with Crippen molar-refractivity contribution in [2.75, 3.05) is 11.1 Å². The molecular weight excluding hydrogens is 288 g/mol. The van der Waals surface area contributed by atoms with E-state index >= 15 is 0 Å². The van der Waals surface area contributed by atoms with E-state index in [0.29, 0.717) is 0 Å². The van der Waals surface area contributed by atoms with E-state index in [-0.39, 0.29) is 11.4 Å². The first kappa shape index (κ1) is 14.8. The minimum atomic E-state index is -4.69. The van der Waals surface area contributed by atoms with Crippen LogP contribution in [0.25, 0.3) is 0 Å². The summed E-state index contributed by atoms with van der Waals surface area (Å²) in [5.74, 6) is -1.91. The van der Waals surface area contributed by atoms with E-state index < -0.39 is 29.0 Å². The first-order valence-corrected chi connectivity index (χ1v) is 5.82. The van der Waals surface area contributed by atoms with Crippen LogP contribution in [0.5, 0.6) is 0 Å². The second kappa shape index (κ2) is 5.43. The zero-order valence-electron chi connectivity index (χ0n) is 10.5. The monoisotopic (exact) mass is 298 g/mol. The average molecular weight is 298 g/mol. The van der Waals surface area contributed by atoms with Crippen LogP contribution in [-0.2, 0) is 6.18 Å². The maximum absolute atomic E-state index is 13.5. The molecule has 2 rings (SSSR count). The number of rotatable bonds is 2. The van der Waals surface area contributed by atoms with Crippen molar-refractivity contribution in [3.63, 3.8) is 0 Å². The number of nitrogens with two attached hydrogens (primary N) is 1. The molecule has 0 saturated carbocycles. The van der Waals surface area contributed by atoms with Gasteiger partial charge < -0.3 is 11.1 Å². The highest BCUT2D eigenvalue weighted by Gasteiger charge is 2.35. The van der Waals surface area contributed by atoms with Gasteiger partial charge in [-0.15, -0.1) is 0 Å². The first-order chi connectivity index (χ1) is 9.80. The van der Waals surface area contributed by atoms with Crippen molar-refractivity contribution in [2.24, 2.45) is 0 Å². The topological polar surface area (TPSA) is 55.1 Å². The smallest absolute Gasteiger partial charge is 0.397 e. The van der Waals surface area contributed by atoms with E-state index in [2.05, 4.69) is 5.32 Å². The predicted molar refractivity (Wildman–Crippen MR) is 70.2 cm³/mol. The van der Waals surface area contributed by atoms with E-state index in [9.17, 15) is 22.4 Å². The van der Waals surface area contributed by atoms with Crippen molar-refractivity contribution in [3.8, 4) is 0 Å². The normalized spacial score (nSPS) is 11.2. The summed E-state index contributed by atoms with van der Waals surface area (Å²) in [5, 5.41) is 2.07. The Bertz CT molecular complexity index is 663. The number of carbonyl (C=O) groups is 1. The third-order valence-corrected chi connectivity index (χ3v) is 2.76. The van der Waals surface area contributed by atoms with Gasteiger partial charge in [0.1, 0.15) is 11.5 Å². The standard InChI is InChI=1S/C14H10F4N2O/c15-10-6-3-7-11(19)12(10)20-13(21)8-4-1-2-5-9(8)14(16,17)18/h1-7H,19H2,(H,20,21). The third kappa shape index (κ3) is 3.13. The molecule has 3 N–H and O–H groups in total. The molecule has 0 unspecified atom stereocenters. The van der Waals surface area contributed by atoms with Gasteiger partial charge in [-0.25, -0.2) is 4.39 Å². The fraction of sp³-hybridized carbons (Fsp3) is 0.0714. The van der Waals surface area contributed by atoms with E-state index in [1.165, 1.54) is 18.2 Å². The molecule has 0 bridgehead atoms. The second-order valence-corrected chi connectivity index (χ2v) is 4.20. The lowest BCUT2D eigenvalue weighted by Crippen LogP contribution is -2.19. The SMILES string of the molecule is Nc1cccc(F)c1NC(=O)c1ccccc1C(F)(F)F. The summed E-state index contributed by atoms with van der Waals surface area (Å²) in [4.78, 5) is 12.0. The van der Waals surface area contributed by atoms with Gasteiger partial charge in [-0.05, 0) is 24.3 Å². The van der Waals surface area contributed by atoms with Crippen LogP contribution < -0.4 is 11.1 Å². The van der Waals surface area contributed by atoms with Gasteiger partial charge >= 0.3 is 6.18 Å². The fourth-order valence-corrected chi connectivity index (χ4v) is 1.78. The number of alkyl halides is 3. The number of anilines is 2. The molecule has 0 spiro atoms. The Morgan fingerprint density at radius 1 is 1.05 bits per heavy atom. The number of para-hydroxylation sites is 1. The van der Waals surface area contributed by atoms with Crippen LogP contribution >= 0.6 is 0 Å². The molecule has 0 heterocycles. The minimum absolute atomic E-state index is 0.0761. The van der Waals surface area contributed by atoms with Crippen LogP contribution in [0.1, 0.15) is 15.9 Å². The van der Waals surface area contributed by atoms with Gasteiger partial charge in [-0.3, -0.25) is 4.79 Å². The summed E-state index contributed by atoms with van der Waals surface area (Å²) in [6.07, 6.45) is -4.69. The van der Waals surface area contributed by atoms with Crippen LogP contribution in [-0.4, -0.2) is 5.91 Å². The van der Waals surface area contributed by atoms with Crippen LogP contribution in [0.3, 0.4) is 0 Å². The van der Waals surface area contributed by atoms with Crippen LogP contribution in [0.15, 0.2) is 42.5 Å². The number of hydrogen-bond donors (Lipinski definition) is 2.